The fourth-order valence-electron chi connectivity index (χ4n) is 5.75. The van der Waals surface area contributed by atoms with Crippen LogP contribution in [0.25, 0.3) is 5.65 Å². The standard InChI is InChI=1S/C21H29N5O2.C6H6/c1-5-16(27)23-21-11-20(4,12-21)28-17(21)18-22-19-14(3)8-15(10-26(19)24-18)25-7-6-13(2)9-25;1-2-4-6-5-3-1/h8,10,13,17H,5-7,9,11-12H2,1-4H3,(H,23,27);1-6H. The number of carbonyl (C=O) groups is 1. The van der Waals surface area contributed by atoms with Crippen LogP contribution in [0.3, 0.4) is 0 Å². The number of benzene rings is 1. The number of ether oxygens (including phenoxy) is 1. The topological polar surface area (TPSA) is 71.8 Å². The van der Waals surface area contributed by atoms with E-state index in [2.05, 4.69) is 43.3 Å². The van der Waals surface area contributed by atoms with Gasteiger partial charge >= 0.3 is 0 Å². The van der Waals surface area contributed by atoms with E-state index in [0.29, 0.717) is 12.2 Å². The lowest BCUT2D eigenvalue weighted by molar-refractivity contribution is -0.123. The maximum atomic E-state index is 12.1. The Kier molecular flexibility index (Phi) is 5.84. The van der Waals surface area contributed by atoms with Gasteiger partial charge in [-0.2, -0.15) is 0 Å². The highest BCUT2D eigenvalue weighted by Crippen LogP contribution is 2.60. The van der Waals surface area contributed by atoms with E-state index in [-0.39, 0.29) is 23.2 Å². The number of anilines is 1. The summed E-state index contributed by atoms with van der Waals surface area (Å²) in [4.78, 5) is 19.3. The summed E-state index contributed by atoms with van der Waals surface area (Å²) >= 11 is 0. The quantitative estimate of drug-likeness (QED) is 0.621. The molecule has 0 spiro atoms. The first-order chi connectivity index (χ1) is 16.3. The predicted molar refractivity (Wildman–Crippen MR) is 133 cm³/mol. The first-order valence-electron chi connectivity index (χ1n) is 12.4. The Bertz CT molecular complexity index is 1140. The molecule has 180 valence electrons. The van der Waals surface area contributed by atoms with Crippen LogP contribution in [-0.2, 0) is 9.53 Å². The smallest absolute Gasteiger partial charge is 0.220 e. The molecule has 3 aliphatic heterocycles. The molecule has 7 rings (SSSR count). The van der Waals surface area contributed by atoms with Gasteiger partial charge in [0, 0.05) is 32.4 Å². The van der Waals surface area contributed by atoms with E-state index in [1.165, 1.54) is 12.1 Å². The van der Waals surface area contributed by atoms with Gasteiger partial charge in [-0.3, -0.25) is 4.79 Å². The number of aryl methyl sites for hydroxylation is 1. The second-order valence-corrected chi connectivity index (χ2v) is 10.5. The highest BCUT2D eigenvalue weighted by molar-refractivity contribution is 5.77. The molecular formula is C27H35N5O2. The third kappa shape index (κ3) is 4.17. The van der Waals surface area contributed by atoms with Crippen LogP contribution in [0.1, 0.15) is 63.9 Å². The Morgan fingerprint density at radius 1 is 1.21 bits per heavy atom. The van der Waals surface area contributed by atoms with Gasteiger partial charge in [0.25, 0.3) is 0 Å². The van der Waals surface area contributed by atoms with E-state index in [1.54, 1.807) is 0 Å². The monoisotopic (exact) mass is 461 g/mol. The van der Waals surface area contributed by atoms with Gasteiger partial charge in [-0.05, 0) is 37.8 Å². The first-order valence-corrected chi connectivity index (χ1v) is 12.4. The molecule has 4 aliphatic rings. The Morgan fingerprint density at radius 2 is 1.88 bits per heavy atom. The van der Waals surface area contributed by atoms with Crippen LogP contribution in [0.5, 0.6) is 0 Å². The predicted octanol–water partition coefficient (Wildman–Crippen LogP) is 4.46. The van der Waals surface area contributed by atoms with E-state index in [9.17, 15) is 4.79 Å². The molecule has 1 aliphatic carbocycles. The van der Waals surface area contributed by atoms with Gasteiger partial charge in [0.1, 0.15) is 6.10 Å². The van der Waals surface area contributed by atoms with Crippen molar-refractivity contribution in [3.8, 4) is 0 Å². The summed E-state index contributed by atoms with van der Waals surface area (Å²) in [5.41, 5.74) is 2.62. The Labute approximate surface area is 201 Å². The van der Waals surface area contributed by atoms with Gasteiger partial charge in [-0.25, -0.2) is 9.50 Å². The molecule has 1 N–H and O–H groups in total. The Hall–Kier alpha value is -2.93. The molecule has 2 aromatic heterocycles. The second-order valence-electron chi connectivity index (χ2n) is 10.5. The van der Waals surface area contributed by atoms with Crippen molar-refractivity contribution >= 4 is 17.2 Å². The number of nitrogens with zero attached hydrogens (tertiary/aromatic N) is 4. The SMILES string of the molecule is CCC(=O)NC12CC(C)(C1)OC2c1nc2c(C)cc(N3CCC(C)C3)cn2n1.c1ccccc1. The number of carbonyl (C=O) groups excluding carboxylic acids is 1. The Morgan fingerprint density at radius 3 is 2.47 bits per heavy atom. The zero-order chi connectivity index (χ0) is 23.9. The molecule has 2 atom stereocenters. The number of amides is 1. The van der Waals surface area contributed by atoms with Crippen LogP contribution >= 0.6 is 0 Å². The van der Waals surface area contributed by atoms with E-state index in [4.69, 9.17) is 14.8 Å². The van der Waals surface area contributed by atoms with Crippen molar-refractivity contribution in [1.29, 1.82) is 0 Å². The first kappa shape index (κ1) is 22.8. The van der Waals surface area contributed by atoms with Crippen LogP contribution in [0.4, 0.5) is 5.69 Å². The minimum atomic E-state index is -0.367. The van der Waals surface area contributed by atoms with Crippen LogP contribution in [0.15, 0.2) is 48.7 Å². The number of hydrogen-bond donors (Lipinski definition) is 1. The fourth-order valence-corrected chi connectivity index (χ4v) is 5.75. The molecule has 1 amide bonds. The summed E-state index contributed by atoms with van der Waals surface area (Å²) in [6.07, 6.45) is 5.13. The molecule has 3 saturated heterocycles. The largest absolute Gasteiger partial charge is 0.370 e. The van der Waals surface area contributed by atoms with E-state index >= 15 is 0 Å². The highest BCUT2D eigenvalue weighted by atomic mass is 16.5. The van der Waals surface area contributed by atoms with Crippen LogP contribution in [0.2, 0.25) is 0 Å². The molecule has 7 heteroatoms. The maximum absolute atomic E-state index is 12.1. The number of pyridine rings is 1. The maximum Gasteiger partial charge on any atom is 0.220 e. The molecule has 2 unspecified atom stereocenters. The average molecular weight is 462 g/mol. The van der Waals surface area contributed by atoms with Crippen molar-refractivity contribution < 1.29 is 9.53 Å². The summed E-state index contributed by atoms with van der Waals surface area (Å²) in [5, 5.41) is 8.00. The van der Waals surface area contributed by atoms with Gasteiger partial charge in [0.15, 0.2) is 11.5 Å². The zero-order valence-corrected chi connectivity index (χ0v) is 20.6. The van der Waals surface area contributed by atoms with E-state index in [0.717, 1.165) is 43.1 Å². The summed E-state index contributed by atoms with van der Waals surface area (Å²) in [5.74, 6) is 1.46. The molecule has 4 fully saturated rings. The molecular weight excluding hydrogens is 426 g/mol. The van der Waals surface area contributed by atoms with E-state index < -0.39 is 0 Å². The molecule has 34 heavy (non-hydrogen) atoms. The van der Waals surface area contributed by atoms with E-state index in [1.807, 2.05) is 47.8 Å². The minimum absolute atomic E-state index is 0.0583. The minimum Gasteiger partial charge on any atom is -0.370 e. The number of fused-ring (bicyclic) bond motifs is 2. The lowest BCUT2D eigenvalue weighted by Gasteiger charge is -2.43. The summed E-state index contributed by atoms with van der Waals surface area (Å²) in [6, 6.07) is 14.2. The molecule has 7 nitrogen and oxygen atoms in total. The summed E-state index contributed by atoms with van der Waals surface area (Å²) in [7, 11) is 0. The van der Waals surface area contributed by atoms with Gasteiger partial charge in [-0.15, -0.1) is 5.10 Å². The molecule has 0 radical (unpaired) electrons. The van der Waals surface area contributed by atoms with Crippen molar-refractivity contribution in [2.45, 2.75) is 70.6 Å². The third-order valence-corrected chi connectivity index (χ3v) is 7.30. The fraction of sp³-hybridized carbons (Fsp3) is 0.519. The molecule has 1 saturated carbocycles. The van der Waals surface area contributed by atoms with Crippen molar-refractivity contribution in [3.63, 3.8) is 0 Å². The summed E-state index contributed by atoms with van der Waals surface area (Å²) < 4.78 is 8.20. The van der Waals surface area contributed by atoms with Gasteiger partial charge < -0.3 is 15.0 Å². The van der Waals surface area contributed by atoms with Crippen molar-refractivity contribution in [1.82, 2.24) is 19.9 Å². The highest BCUT2D eigenvalue weighted by Gasteiger charge is 2.67. The van der Waals surface area contributed by atoms with Gasteiger partial charge in [0.05, 0.1) is 23.0 Å². The zero-order valence-electron chi connectivity index (χ0n) is 20.6. The summed E-state index contributed by atoms with van der Waals surface area (Å²) in [6.45, 7) is 10.5. The molecule has 2 bridgehead atoms. The average Bonchev–Trinajstić information content (AvgIpc) is 3.55. The van der Waals surface area contributed by atoms with Crippen molar-refractivity contribution in [3.05, 3.63) is 60.0 Å². The van der Waals surface area contributed by atoms with Crippen molar-refractivity contribution in [2.75, 3.05) is 18.0 Å². The molecule has 3 aromatic rings. The third-order valence-electron chi connectivity index (χ3n) is 7.30. The number of nitrogens with one attached hydrogen (secondary N) is 1. The lowest BCUT2D eigenvalue weighted by Crippen LogP contribution is -2.59. The van der Waals surface area contributed by atoms with Crippen LogP contribution in [-0.4, -0.2) is 44.7 Å². The van der Waals surface area contributed by atoms with Crippen LogP contribution in [0, 0.1) is 12.8 Å². The van der Waals surface area contributed by atoms with Gasteiger partial charge in [-0.1, -0.05) is 50.2 Å². The van der Waals surface area contributed by atoms with Gasteiger partial charge in [0.2, 0.25) is 5.91 Å². The second kappa shape index (κ2) is 8.69. The normalized spacial score (nSPS) is 29.5. The number of hydrogen-bond acceptors (Lipinski definition) is 5. The van der Waals surface area contributed by atoms with Crippen LogP contribution < -0.4 is 10.2 Å². The number of rotatable bonds is 4. The molecule has 5 heterocycles. The Balaban J connectivity index is 0.000000351. The number of aromatic nitrogens is 3. The van der Waals surface area contributed by atoms with Crippen molar-refractivity contribution in [2.24, 2.45) is 5.92 Å². The lowest BCUT2D eigenvalue weighted by atomic mass is 9.66. The molecule has 1 aromatic carbocycles.